The summed E-state index contributed by atoms with van der Waals surface area (Å²) >= 11 is 0.904. The number of hydrogen-bond acceptors (Lipinski definition) is 4. The van der Waals surface area contributed by atoms with Crippen molar-refractivity contribution >= 4 is 34.9 Å². The van der Waals surface area contributed by atoms with Crippen LogP contribution in [0.4, 0.5) is 4.79 Å². The maximum Gasteiger partial charge on any atom is 0.294 e. The van der Waals surface area contributed by atoms with Crippen LogP contribution in [0.15, 0.2) is 11.0 Å². The number of aryl methyl sites for hydroxylation is 1. The predicted molar refractivity (Wildman–Crippen MR) is 93.4 cm³/mol. The van der Waals surface area contributed by atoms with Crippen LogP contribution >= 0.6 is 11.8 Å². The molecule has 0 N–H and O–H groups in total. The molecule has 3 amide bonds. The Bertz CT molecular complexity index is 745. The van der Waals surface area contributed by atoms with Gasteiger partial charge in [0.2, 0.25) is 5.91 Å². The van der Waals surface area contributed by atoms with Crippen molar-refractivity contribution in [2.75, 3.05) is 19.6 Å². The predicted octanol–water partition coefficient (Wildman–Crippen LogP) is 2.30. The summed E-state index contributed by atoms with van der Waals surface area (Å²) in [7, 11) is 1.96. The first-order valence-corrected chi connectivity index (χ1v) is 8.86. The van der Waals surface area contributed by atoms with E-state index in [-0.39, 0.29) is 23.6 Å². The third-order valence-electron chi connectivity index (χ3n) is 4.73. The van der Waals surface area contributed by atoms with Gasteiger partial charge in [0.05, 0.1) is 4.91 Å². The second kappa shape index (κ2) is 6.47. The first-order chi connectivity index (χ1) is 11.4. The molecular weight excluding hydrogens is 326 g/mol. The zero-order valence-corrected chi connectivity index (χ0v) is 15.0. The maximum absolute atomic E-state index is 12.5. The second-order valence-corrected chi connectivity index (χ2v) is 7.23. The summed E-state index contributed by atoms with van der Waals surface area (Å²) in [5.41, 5.74) is 3.04. The molecule has 6 nitrogen and oxygen atoms in total. The van der Waals surface area contributed by atoms with Crippen LogP contribution in [0.3, 0.4) is 0 Å². The van der Waals surface area contributed by atoms with E-state index >= 15 is 0 Å². The molecule has 0 aliphatic carbocycles. The van der Waals surface area contributed by atoms with E-state index < -0.39 is 0 Å². The lowest BCUT2D eigenvalue weighted by molar-refractivity contribution is -0.135. The van der Waals surface area contributed by atoms with Crippen LogP contribution in [0.5, 0.6) is 0 Å². The monoisotopic (exact) mass is 347 g/mol. The second-order valence-electron chi connectivity index (χ2n) is 6.24. The van der Waals surface area contributed by atoms with Crippen LogP contribution in [0, 0.1) is 13.8 Å². The Hall–Kier alpha value is -2.02. The van der Waals surface area contributed by atoms with Gasteiger partial charge in [-0.3, -0.25) is 19.3 Å². The molecule has 3 heterocycles. The Morgan fingerprint density at radius 1 is 1.25 bits per heavy atom. The van der Waals surface area contributed by atoms with E-state index in [9.17, 15) is 14.4 Å². The number of likely N-dealkylation sites (tertiary alicyclic amines) is 1. The van der Waals surface area contributed by atoms with Crippen molar-refractivity contribution in [1.29, 1.82) is 0 Å². The fourth-order valence-corrected chi connectivity index (χ4v) is 3.84. The topological polar surface area (TPSA) is 62.6 Å². The van der Waals surface area contributed by atoms with Gasteiger partial charge < -0.3 is 9.47 Å². The zero-order chi connectivity index (χ0) is 17.4. The highest BCUT2D eigenvalue weighted by atomic mass is 32.2. The molecule has 0 radical (unpaired) electrons. The van der Waals surface area contributed by atoms with Crippen LogP contribution in [0.1, 0.15) is 29.8 Å². The van der Waals surface area contributed by atoms with Gasteiger partial charge in [-0.1, -0.05) is 0 Å². The van der Waals surface area contributed by atoms with E-state index in [0.717, 1.165) is 46.5 Å². The average Bonchev–Trinajstić information content (AvgIpc) is 3.22. The third-order valence-corrected chi connectivity index (χ3v) is 5.63. The molecule has 0 spiro atoms. The largest absolute Gasteiger partial charge is 0.352 e. The highest BCUT2D eigenvalue weighted by molar-refractivity contribution is 8.18. The molecule has 2 aliphatic rings. The summed E-state index contributed by atoms with van der Waals surface area (Å²) < 4.78 is 2.03. The molecule has 0 aromatic carbocycles. The SMILES string of the molecule is Cc1cc(/C=C2/SC(=O)N(CC(=O)N3CCCC3)C2=O)c(C)n1C. The molecule has 1 aromatic heterocycles. The number of imide groups is 1. The minimum absolute atomic E-state index is 0.150. The number of hydrogen-bond donors (Lipinski definition) is 0. The van der Waals surface area contributed by atoms with E-state index in [0.29, 0.717) is 18.0 Å². The number of carbonyl (C=O) groups excluding carboxylic acids is 3. The Balaban J connectivity index is 1.77. The van der Waals surface area contributed by atoms with Gasteiger partial charge in [0.1, 0.15) is 6.54 Å². The van der Waals surface area contributed by atoms with Gasteiger partial charge >= 0.3 is 0 Å². The summed E-state index contributed by atoms with van der Waals surface area (Å²) in [6, 6.07) is 1.98. The van der Waals surface area contributed by atoms with Crippen LogP contribution in [-0.4, -0.2) is 51.1 Å². The number of thioether (sulfide) groups is 1. The molecule has 1 aromatic rings. The van der Waals surface area contributed by atoms with E-state index in [2.05, 4.69) is 0 Å². The summed E-state index contributed by atoms with van der Waals surface area (Å²) in [5.74, 6) is -0.527. The van der Waals surface area contributed by atoms with Crippen LogP contribution in [0.25, 0.3) is 6.08 Å². The highest BCUT2D eigenvalue weighted by Gasteiger charge is 2.37. The van der Waals surface area contributed by atoms with Gasteiger partial charge in [-0.25, -0.2) is 0 Å². The molecule has 2 aliphatic heterocycles. The van der Waals surface area contributed by atoms with E-state index in [1.54, 1.807) is 11.0 Å². The number of carbonyl (C=O) groups is 3. The molecule has 0 atom stereocenters. The number of amides is 3. The normalized spacial score (nSPS) is 19.9. The lowest BCUT2D eigenvalue weighted by atomic mass is 10.2. The standard InChI is InChI=1S/C17H21N3O3S/c1-11-8-13(12(2)18(11)3)9-14-16(22)20(17(23)24-14)10-15(21)19-6-4-5-7-19/h8-9H,4-7,10H2,1-3H3/b14-9+. The summed E-state index contributed by atoms with van der Waals surface area (Å²) in [6.45, 7) is 5.24. The van der Waals surface area contributed by atoms with Crippen molar-refractivity contribution in [1.82, 2.24) is 14.4 Å². The quantitative estimate of drug-likeness (QED) is 0.787. The minimum Gasteiger partial charge on any atom is -0.352 e. The molecule has 7 heteroatoms. The molecule has 3 rings (SSSR count). The van der Waals surface area contributed by atoms with Gasteiger partial charge in [-0.15, -0.1) is 0 Å². The van der Waals surface area contributed by atoms with Crippen LogP contribution < -0.4 is 0 Å². The molecule has 0 bridgehead atoms. The molecule has 2 fully saturated rings. The van der Waals surface area contributed by atoms with Crippen LogP contribution in [-0.2, 0) is 16.6 Å². The fraction of sp³-hybridized carbons (Fsp3) is 0.471. The first kappa shape index (κ1) is 16.8. The van der Waals surface area contributed by atoms with E-state index in [1.165, 1.54) is 0 Å². The maximum atomic E-state index is 12.5. The van der Waals surface area contributed by atoms with Crippen LogP contribution in [0.2, 0.25) is 0 Å². The van der Waals surface area contributed by atoms with Gasteiger partial charge in [-0.05, 0) is 56.2 Å². The first-order valence-electron chi connectivity index (χ1n) is 8.04. The van der Waals surface area contributed by atoms with E-state index in [1.807, 2.05) is 31.5 Å². The van der Waals surface area contributed by atoms with Crippen molar-refractivity contribution in [3.05, 3.63) is 27.9 Å². The minimum atomic E-state index is -0.376. The molecule has 0 unspecified atom stereocenters. The van der Waals surface area contributed by atoms with Gasteiger partial charge in [0.15, 0.2) is 0 Å². The van der Waals surface area contributed by atoms with Crippen molar-refractivity contribution in [2.24, 2.45) is 7.05 Å². The molecular formula is C17H21N3O3S. The number of aromatic nitrogens is 1. The van der Waals surface area contributed by atoms with Gasteiger partial charge in [-0.2, -0.15) is 0 Å². The Labute approximate surface area is 145 Å². The molecule has 0 saturated carbocycles. The molecule has 24 heavy (non-hydrogen) atoms. The fourth-order valence-electron chi connectivity index (χ4n) is 3.01. The smallest absolute Gasteiger partial charge is 0.294 e. The van der Waals surface area contributed by atoms with Crippen molar-refractivity contribution in [3.63, 3.8) is 0 Å². The van der Waals surface area contributed by atoms with Gasteiger partial charge in [0.25, 0.3) is 11.1 Å². The number of rotatable bonds is 3. The lowest BCUT2D eigenvalue weighted by Gasteiger charge is -2.18. The lowest BCUT2D eigenvalue weighted by Crippen LogP contribution is -2.40. The zero-order valence-electron chi connectivity index (χ0n) is 14.2. The molecule has 128 valence electrons. The van der Waals surface area contributed by atoms with E-state index in [4.69, 9.17) is 0 Å². The van der Waals surface area contributed by atoms with Gasteiger partial charge in [0, 0.05) is 31.5 Å². The number of nitrogens with zero attached hydrogens (tertiary/aromatic N) is 3. The third kappa shape index (κ3) is 3.00. The van der Waals surface area contributed by atoms with Crippen molar-refractivity contribution in [2.45, 2.75) is 26.7 Å². The molecule has 2 saturated heterocycles. The average molecular weight is 347 g/mol. The Kier molecular flexibility index (Phi) is 4.54. The summed E-state index contributed by atoms with van der Waals surface area (Å²) in [6.07, 6.45) is 3.72. The Morgan fingerprint density at radius 2 is 1.92 bits per heavy atom. The summed E-state index contributed by atoms with van der Waals surface area (Å²) in [4.78, 5) is 40.0. The summed E-state index contributed by atoms with van der Waals surface area (Å²) in [5, 5.41) is -0.371. The Morgan fingerprint density at radius 3 is 2.50 bits per heavy atom. The van der Waals surface area contributed by atoms with Crippen molar-refractivity contribution in [3.8, 4) is 0 Å². The highest BCUT2D eigenvalue weighted by Crippen LogP contribution is 2.33. The van der Waals surface area contributed by atoms with Crippen molar-refractivity contribution < 1.29 is 14.4 Å².